The number of carbonyl (C=O) groups is 3. The zero-order valence-corrected chi connectivity index (χ0v) is 23.7. The molecule has 1 aliphatic rings. The van der Waals surface area contributed by atoms with Crippen LogP contribution in [0.1, 0.15) is 40.4 Å². The second kappa shape index (κ2) is 12.5. The van der Waals surface area contributed by atoms with Gasteiger partial charge in [0.25, 0.3) is 11.8 Å². The highest BCUT2D eigenvalue weighted by Crippen LogP contribution is 2.28. The normalized spacial score (nSPS) is 13.8. The minimum atomic E-state index is -3.71. The van der Waals surface area contributed by atoms with E-state index in [1.54, 1.807) is 30.3 Å². The zero-order valence-electron chi connectivity index (χ0n) is 22.1. The molecular weight excluding hydrogens is 601 g/mol. The Morgan fingerprint density at radius 3 is 2.40 bits per heavy atom. The van der Waals surface area contributed by atoms with Gasteiger partial charge in [0.05, 0.1) is 16.0 Å². The molecule has 43 heavy (non-hydrogen) atoms. The summed E-state index contributed by atoms with van der Waals surface area (Å²) in [7, 11) is -3.71. The van der Waals surface area contributed by atoms with Crippen molar-refractivity contribution in [1.29, 1.82) is 0 Å². The van der Waals surface area contributed by atoms with Crippen LogP contribution in [0.25, 0.3) is 11.8 Å². The van der Waals surface area contributed by atoms with E-state index in [9.17, 15) is 27.2 Å². The maximum atomic E-state index is 14.9. The van der Waals surface area contributed by atoms with E-state index in [-0.39, 0.29) is 21.8 Å². The third-order valence-corrected chi connectivity index (χ3v) is 8.48. The van der Waals surface area contributed by atoms with Crippen molar-refractivity contribution < 1.29 is 27.2 Å². The standard InChI is InChI=1S/C28H23ClFN7O5S/c29-22-13-14-23(37-32-16-31-36-37)21(25(22)30)12-15-24(38)34-26(17-4-2-1-3-5-17)28(40)33-19-8-6-18(7-9-19)27(39)35-43(41,42)20-10-11-20/h1-9,12-16,20,26H,10-11H2,(H,33,40)(H,34,38)(H,35,39). The Morgan fingerprint density at radius 1 is 1.02 bits per heavy atom. The number of anilines is 1. The van der Waals surface area contributed by atoms with Crippen LogP contribution in [0.5, 0.6) is 0 Å². The highest BCUT2D eigenvalue weighted by molar-refractivity contribution is 7.91. The SMILES string of the molecule is O=C(C=Cc1c(-n2ncnn2)ccc(Cl)c1F)NC(C(=O)Nc1ccc(C(=O)NS(=O)(=O)C2CC2)cc1)c1ccccc1. The topological polar surface area (TPSA) is 165 Å². The van der Waals surface area contributed by atoms with E-state index in [4.69, 9.17) is 11.6 Å². The van der Waals surface area contributed by atoms with Crippen molar-refractivity contribution in [2.75, 3.05) is 5.32 Å². The predicted octanol–water partition coefficient (Wildman–Crippen LogP) is 3.19. The summed E-state index contributed by atoms with van der Waals surface area (Å²) < 4.78 is 41.0. The van der Waals surface area contributed by atoms with Gasteiger partial charge in [0.15, 0.2) is 12.1 Å². The Morgan fingerprint density at radius 2 is 1.74 bits per heavy atom. The fourth-order valence-electron chi connectivity index (χ4n) is 4.03. The fourth-order valence-corrected chi connectivity index (χ4v) is 5.50. The smallest absolute Gasteiger partial charge is 0.264 e. The lowest BCUT2D eigenvalue weighted by Gasteiger charge is -2.18. The van der Waals surface area contributed by atoms with Crippen molar-refractivity contribution in [3.05, 3.63) is 107 Å². The van der Waals surface area contributed by atoms with E-state index in [0.717, 1.165) is 17.2 Å². The molecule has 3 aromatic carbocycles. The summed E-state index contributed by atoms with van der Waals surface area (Å²) in [6.07, 6.45) is 4.42. The summed E-state index contributed by atoms with van der Waals surface area (Å²) >= 11 is 5.94. The first-order chi connectivity index (χ1) is 20.6. The van der Waals surface area contributed by atoms with Crippen LogP contribution in [0.3, 0.4) is 0 Å². The third-order valence-electron chi connectivity index (χ3n) is 6.37. The summed E-state index contributed by atoms with van der Waals surface area (Å²) in [5, 5.41) is 15.8. The van der Waals surface area contributed by atoms with Crippen molar-refractivity contribution in [1.82, 2.24) is 30.2 Å². The van der Waals surface area contributed by atoms with Crippen LogP contribution in [-0.4, -0.2) is 51.6 Å². The van der Waals surface area contributed by atoms with Crippen molar-refractivity contribution in [2.45, 2.75) is 24.1 Å². The minimum Gasteiger partial charge on any atom is -0.337 e. The van der Waals surface area contributed by atoms with Crippen LogP contribution in [0, 0.1) is 5.82 Å². The van der Waals surface area contributed by atoms with Gasteiger partial charge in [-0.2, -0.15) is 0 Å². The van der Waals surface area contributed by atoms with Gasteiger partial charge >= 0.3 is 0 Å². The Hall–Kier alpha value is -4.95. The van der Waals surface area contributed by atoms with Crippen LogP contribution in [0.2, 0.25) is 5.02 Å². The molecule has 0 aliphatic heterocycles. The molecular formula is C28H23ClFN7O5S. The summed E-state index contributed by atoms with van der Waals surface area (Å²) in [6.45, 7) is 0. The second-order valence-electron chi connectivity index (χ2n) is 9.45. The molecule has 5 rings (SSSR count). The van der Waals surface area contributed by atoms with E-state index in [2.05, 4.69) is 26.0 Å². The molecule has 3 amide bonds. The summed E-state index contributed by atoms with van der Waals surface area (Å²) in [5.74, 6) is -2.90. The Bertz CT molecular complexity index is 1800. The van der Waals surface area contributed by atoms with Gasteiger partial charge in [0.1, 0.15) is 6.04 Å². The van der Waals surface area contributed by atoms with Gasteiger partial charge in [-0.3, -0.25) is 14.4 Å². The average molecular weight is 624 g/mol. The molecule has 1 aliphatic carbocycles. The van der Waals surface area contributed by atoms with Gasteiger partial charge in [-0.05, 0) is 66.1 Å². The van der Waals surface area contributed by atoms with Gasteiger partial charge in [-0.25, -0.2) is 17.5 Å². The average Bonchev–Trinajstić information content (AvgIpc) is 3.73. The molecule has 1 saturated carbocycles. The summed E-state index contributed by atoms with van der Waals surface area (Å²) in [6, 6.07) is 15.6. The van der Waals surface area contributed by atoms with Crippen LogP contribution in [0.4, 0.5) is 10.1 Å². The van der Waals surface area contributed by atoms with E-state index in [1.165, 1.54) is 42.5 Å². The van der Waals surface area contributed by atoms with E-state index >= 15 is 0 Å². The molecule has 4 aromatic rings. The molecule has 0 saturated heterocycles. The molecule has 1 fully saturated rings. The number of carbonyl (C=O) groups excluding carboxylic acids is 3. The maximum absolute atomic E-state index is 14.9. The van der Waals surface area contributed by atoms with Crippen molar-refractivity contribution in [3.8, 4) is 5.69 Å². The first kappa shape index (κ1) is 29.5. The number of amides is 3. The number of sulfonamides is 1. The highest BCUT2D eigenvalue weighted by Gasteiger charge is 2.37. The lowest BCUT2D eigenvalue weighted by molar-refractivity contribution is -0.123. The Balaban J connectivity index is 1.31. The number of nitrogens with one attached hydrogen (secondary N) is 3. The van der Waals surface area contributed by atoms with Gasteiger partial charge in [-0.1, -0.05) is 41.9 Å². The van der Waals surface area contributed by atoms with Crippen molar-refractivity contribution in [3.63, 3.8) is 0 Å². The second-order valence-corrected chi connectivity index (χ2v) is 11.8. The molecule has 12 nitrogen and oxygen atoms in total. The first-order valence-electron chi connectivity index (χ1n) is 12.8. The monoisotopic (exact) mass is 623 g/mol. The first-order valence-corrected chi connectivity index (χ1v) is 14.8. The zero-order chi connectivity index (χ0) is 30.6. The predicted molar refractivity (Wildman–Crippen MR) is 155 cm³/mol. The molecule has 1 atom stereocenters. The minimum absolute atomic E-state index is 0.0737. The lowest BCUT2D eigenvalue weighted by atomic mass is 10.1. The van der Waals surface area contributed by atoms with Crippen molar-refractivity contribution in [2.24, 2.45) is 0 Å². The summed E-state index contributed by atoms with van der Waals surface area (Å²) in [4.78, 5) is 39.7. The molecule has 0 bridgehead atoms. The number of hydrogen-bond donors (Lipinski definition) is 3. The molecule has 1 aromatic heterocycles. The van der Waals surface area contributed by atoms with Crippen LogP contribution in [0.15, 0.2) is 79.1 Å². The van der Waals surface area contributed by atoms with Gasteiger partial charge in [0.2, 0.25) is 15.9 Å². The number of tetrazole rings is 1. The molecule has 0 spiro atoms. The quantitative estimate of drug-likeness (QED) is 0.227. The Kier molecular flexibility index (Phi) is 8.59. The van der Waals surface area contributed by atoms with Gasteiger partial charge < -0.3 is 10.6 Å². The molecule has 220 valence electrons. The number of hydrogen-bond acceptors (Lipinski definition) is 8. The van der Waals surface area contributed by atoms with Crippen LogP contribution < -0.4 is 15.4 Å². The van der Waals surface area contributed by atoms with Gasteiger partial charge in [0, 0.05) is 22.9 Å². The molecule has 1 unspecified atom stereocenters. The molecule has 1 heterocycles. The van der Waals surface area contributed by atoms with Crippen LogP contribution >= 0.6 is 11.6 Å². The fraction of sp³-hybridized carbons (Fsp3) is 0.143. The molecule has 3 N–H and O–H groups in total. The lowest BCUT2D eigenvalue weighted by Crippen LogP contribution is -2.36. The van der Waals surface area contributed by atoms with Crippen molar-refractivity contribution >= 4 is 51.1 Å². The number of rotatable bonds is 10. The summed E-state index contributed by atoms with van der Waals surface area (Å²) in [5.41, 5.74) is 0.959. The largest absolute Gasteiger partial charge is 0.337 e. The number of halogens is 2. The van der Waals surface area contributed by atoms with Gasteiger partial charge in [-0.15, -0.1) is 15.0 Å². The third kappa shape index (κ3) is 7.10. The number of aromatic nitrogens is 4. The highest BCUT2D eigenvalue weighted by atomic mass is 35.5. The molecule has 15 heteroatoms. The molecule has 0 radical (unpaired) electrons. The van der Waals surface area contributed by atoms with E-state index in [1.807, 2.05) is 4.72 Å². The maximum Gasteiger partial charge on any atom is 0.264 e. The van der Waals surface area contributed by atoms with E-state index in [0.29, 0.717) is 24.1 Å². The number of nitrogens with zero attached hydrogens (tertiary/aromatic N) is 4. The van der Waals surface area contributed by atoms with E-state index < -0.39 is 44.9 Å². The van der Waals surface area contributed by atoms with Crippen LogP contribution in [-0.2, 0) is 19.6 Å². The number of benzene rings is 3. The Labute approximate surface area is 250 Å².